The number of nitrogens with one attached hydrogen (secondary N) is 1. The van der Waals surface area contributed by atoms with Crippen LogP contribution in [0.25, 0.3) is 0 Å². The number of amides is 1. The molecule has 0 bridgehead atoms. The molecule has 2 saturated heterocycles. The molecule has 1 unspecified atom stereocenters. The highest BCUT2D eigenvalue weighted by Gasteiger charge is 2.31. The predicted octanol–water partition coefficient (Wildman–Crippen LogP) is 2.17. The van der Waals surface area contributed by atoms with E-state index in [4.69, 9.17) is 0 Å². The van der Waals surface area contributed by atoms with E-state index in [-0.39, 0.29) is 0 Å². The van der Waals surface area contributed by atoms with Gasteiger partial charge >= 0.3 is 0 Å². The van der Waals surface area contributed by atoms with Crippen LogP contribution < -0.4 is 5.32 Å². The molecule has 1 atom stereocenters. The smallest absolute Gasteiger partial charge is 0.222 e. The second-order valence-corrected chi connectivity index (χ2v) is 6.42. The summed E-state index contributed by atoms with van der Waals surface area (Å²) < 4.78 is 0. The van der Waals surface area contributed by atoms with Crippen molar-refractivity contribution in [2.45, 2.75) is 58.4 Å². The summed E-state index contributed by atoms with van der Waals surface area (Å²) in [4.78, 5) is 14.1. The van der Waals surface area contributed by atoms with Gasteiger partial charge < -0.3 is 10.2 Å². The maximum atomic E-state index is 12.1. The van der Waals surface area contributed by atoms with Crippen LogP contribution in [0.1, 0.15) is 52.4 Å². The van der Waals surface area contributed by atoms with Gasteiger partial charge in [0.05, 0.1) is 0 Å². The quantitative estimate of drug-likeness (QED) is 0.817. The van der Waals surface area contributed by atoms with Crippen LogP contribution in [-0.2, 0) is 4.79 Å². The summed E-state index contributed by atoms with van der Waals surface area (Å²) >= 11 is 0. The van der Waals surface area contributed by atoms with Crippen LogP contribution in [0.2, 0.25) is 0 Å². The normalized spacial score (nSPS) is 28.4. The monoisotopic (exact) mass is 238 g/mol. The van der Waals surface area contributed by atoms with Crippen LogP contribution in [0.5, 0.6) is 0 Å². The van der Waals surface area contributed by atoms with E-state index < -0.39 is 0 Å². The summed E-state index contributed by atoms with van der Waals surface area (Å²) in [6.45, 7) is 7.55. The predicted molar refractivity (Wildman–Crippen MR) is 69.9 cm³/mol. The fourth-order valence-electron chi connectivity index (χ4n) is 2.95. The average Bonchev–Trinajstić information content (AvgIpc) is 2.68. The highest BCUT2D eigenvalue weighted by atomic mass is 16.2. The van der Waals surface area contributed by atoms with Gasteiger partial charge in [-0.25, -0.2) is 0 Å². The molecule has 2 heterocycles. The van der Waals surface area contributed by atoms with Crippen LogP contribution in [0, 0.1) is 5.41 Å². The van der Waals surface area contributed by atoms with Gasteiger partial charge in [-0.15, -0.1) is 0 Å². The molecule has 98 valence electrons. The van der Waals surface area contributed by atoms with Crippen molar-refractivity contribution < 1.29 is 4.79 Å². The molecule has 2 aliphatic heterocycles. The zero-order chi connectivity index (χ0) is 12.3. The molecule has 3 nitrogen and oxygen atoms in total. The van der Waals surface area contributed by atoms with Crippen LogP contribution >= 0.6 is 0 Å². The summed E-state index contributed by atoms with van der Waals surface area (Å²) in [5.74, 6) is 0.364. The van der Waals surface area contributed by atoms with Crippen molar-refractivity contribution in [1.29, 1.82) is 0 Å². The Morgan fingerprint density at radius 2 is 2.24 bits per heavy atom. The van der Waals surface area contributed by atoms with E-state index >= 15 is 0 Å². The molecular formula is C14H26N2O. The van der Waals surface area contributed by atoms with Gasteiger partial charge in [-0.1, -0.05) is 20.3 Å². The second-order valence-electron chi connectivity index (χ2n) is 6.42. The Balaban J connectivity index is 1.70. The number of hydrogen-bond donors (Lipinski definition) is 1. The van der Waals surface area contributed by atoms with E-state index in [0.717, 1.165) is 38.9 Å². The van der Waals surface area contributed by atoms with E-state index in [1.807, 2.05) is 0 Å². The maximum Gasteiger partial charge on any atom is 0.222 e. The minimum Gasteiger partial charge on any atom is -0.342 e. The van der Waals surface area contributed by atoms with E-state index in [9.17, 15) is 4.79 Å². The highest BCUT2D eigenvalue weighted by Crippen LogP contribution is 2.29. The molecule has 0 aromatic carbocycles. The zero-order valence-corrected chi connectivity index (χ0v) is 11.3. The number of hydrogen-bond acceptors (Lipinski definition) is 2. The number of rotatable bonds is 3. The summed E-state index contributed by atoms with van der Waals surface area (Å²) in [5.41, 5.74) is 0.332. The Morgan fingerprint density at radius 3 is 2.82 bits per heavy atom. The third kappa shape index (κ3) is 3.70. The van der Waals surface area contributed by atoms with Crippen LogP contribution in [-0.4, -0.2) is 36.5 Å². The van der Waals surface area contributed by atoms with Gasteiger partial charge in [0.25, 0.3) is 0 Å². The van der Waals surface area contributed by atoms with E-state index in [1.54, 1.807) is 0 Å². The fraction of sp³-hybridized carbons (Fsp3) is 0.929. The van der Waals surface area contributed by atoms with Gasteiger partial charge in [-0.3, -0.25) is 4.79 Å². The van der Waals surface area contributed by atoms with E-state index in [0.29, 0.717) is 17.4 Å². The molecule has 0 spiro atoms. The Bertz CT molecular complexity index is 269. The molecule has 2 rings (SSSR count). The molecule has 1 N–H and O–H groups in total. The first-order valence-electron chi connectivity index (χ1n) is 7.08. The topological polar surface area (TPSA) is 32.3 Å². The Hall–Kier alpha value is -0.570. The summed E-state index contributed by atoms with van der Waals surface area (Å²) in [5, 5.41) is 3.51. The Labute approximate surface area is 105 Å². The number of carbonyl (C=O) groups is 1. The molecule has 2 fully saturated rings. The molecule has 0 aromatic heterocycles. The van der Waals surface area contributed by atoms with Crippen LogP contribution in [0.4, 0.5) is 0 Å². The average molecular weight is 238 g/mol. The van der Waals surface area contributed by atoms with Gasteiger partial charge in [0.2, 0.25) is 5.91 Å². The Morgan fingerprint density at radius 1 is 1.41 bits per heavy atom. The lowest BCUT2D eigenvalue weighted by Gasteiger charge is -2.24. The first-order valence-corrected chi connectivity index (χ1v) is 7.08. The highest BCUT2D eigenvalue weighted by molar-refractivity contribution is 5.76. The van der Waals surface area contributed by atoms with Crippen LogP contribution in [0.15, 0.2) is 0 Å². The lowest BCUT2D eigenvalue weighted by atomic mass is 9.93. The first kappa shape index (κ1) is 12.9. The van der Waals surface area contributed by atoms with Crippen molar-refractivity contribution in [1.82, 2.24) is 10.2 Å². The van der Waals surface area contributed by atoms with E-state index in [2.05, 4.69) is 24.1 Å². The molecule has 1 amide bonds. The molecule has 0 radical (unpaired) electrons. The molecular weight excluding hydrogens is 212 g/mol. The van der Waals surface area contributed by atoms with Crippen molar-refractivity contribution in [3.8, 4) is 0 Å². The minimum absolute atomic E-state index is 0.332. The first-order chi connectivity index (χ1) is 8.07. The summed E-state index contributed by atoms with van der Waals surface area (Å²) in [6.07, 6.45) is 6.77. The van der Waals surface area contributed by atoms with E-state index in [1.165, 1.54) is 19.3 Å². The lowest BCUT2D eigenvalue weighted by Crippen LogP contribution is -2.36. The maximum absolute atomic E-state index is 12.1. The SMILES string of the molecule is CC1(C)CCN(C(=O)CCC2CCCCN2)C1. The summed E-state index contributed by atoms with van der Waals surface area (Å²) in [7, 11) is 0. The molecule has 2 aliphatic rings. The van der Waals surface area contributed by atoms with Gasteiger partial charge in [0.1, 0.15) is 0 Å². The third-order valence-electron chi connectivity index (χ3n) is 4.15. The molecule has 3 heteroatoms. The van der Waals surface area contributed by atoms with Gasteiger partial charge in [0, 0.05) is 25.6 Å². The van der Waals surface area contributed by atoms with Crippen molar-refractivity contribution in [3.63, 3.8) is 0 Å². The van der Waals surface area contributed by atoms with Crippen molar-refractivity contribution in [2.75, 3.05) is 19.6 Å². The van der Waals surface area contributed by atoms with Gasteiger partial charge in [-0.2, -0.15) is 0 Å². The standard InChI is InChI=1S/C14H26N2O/c1-14(2)8-10-16(11-14)13(17)7-6-12-5-3-4-9-15-12/h12,15H,3-11H2,1-2H3. The lowest BCUT2D eigenvalue weighted by molar-refractivity contribution is -0.130. The van der Waals surface area contributed by atoms with Crippen molar-refractivity contribution in [3.05, 3.63) is 0 Å². The number of piperidine rings is 1. The van der Waals surface area contributed by atoms with Crippen molar-refractivity contribution >= 4 is 5.91 Å². The molecule has 0 aliphatic carbocycles. The number of carbonyl (C=O) groups excluding carboxylic acids is 1. The largest absolute Gasteiger partial charge is 0.342 e. The second kappa shape index (κ2) is 5.38. The van der Waals surface area contributed by atoms with Gasteiger partial charge in [-0.05, 0) is 37.6 Å². The fourth-order valence-corrected chi connectivity index (χ4v) is 2.95. The molecule has 17 heavy (non-hydrogen) atoms. The minimum atomic E-state index is 0.332. The molecule has 0 saturated carbocycles. The zero-order valence-electron chi connectivity index (χ0n) is 11.3. The van der Waals surface area contributed by atoms with Crippen molar-refractivity contribution in [2.24, 2.45) is 5.41 Å². The van der Waals surface area contributed by atoms with Crippen LogP contribution in [0.3, 0.4) is 0 Å². The summed E-state index contributed by atoms with van der Waals surface area (Å²) in [6, 6.07) is 0.586. The molecule has 0 aromatic rings. The van der Waals surface area contributed by atoms with Gasteiger partial charge in [0.15, 0.2) is 0 Å². The number of nitrogens with zero attached hydrogens (tertiary/aromatic N) is 1. The Kier molecular flexibility index (Phi) is 4.08. The third-order valence-corrected chi connectivity index (χ3v) is 4.15. The number of likely N-dealkylation sites (tertiary alicyclic amines) is 1.